The Hall–Kier alpha value is -2.12. The van der Waals surface area contributed by atoms with Gasteiger partial charge in [-0.2, -0.15) is 0 Å². The SMILES string of the molecule is CCn1c(SCC(=O)NC(C)(CC)c2ccccc2)nnc1-c1cccs1. The first kappa shape index (κ1) is 19.6. The van der Waals surface area contributed by atoms with Crippen LogP contribution in [0.5, 0.6) is 0 Å². The van der Waals surface area contributed by atoms with Crippen LogP contribution in [0.15, 0.2) is 53.0 Å². The maximum atomic E-state index is 12.6. The summed E-state index contributed by atoms with van der Waals surface area (Å²) in [5.74, 6) is 1.17. The number of aromatic nitrogens is 3. The van der Waals surface area contributed by atoms with E-state index in [0.29, 0.717) is 5.75 Å². The molecule has 3 aromatic rings. The highest BCUT2D eigenvalue weighted by Gasteiger charge is 2.26. The molecule has 2 aromatic heterocycles. The van der Waals surface area contributed by atoms with Crippen molar-refractivity contribution in [3.63, 3.8) is 0 Å². The smallest absolute Gasteiger partial charge is 0.231 e. The van der Waals surface area contributed by atoms with E-state index in [1.165, 1.54) is 11.8 Å². The van der Waals surface area contributed by atoms with Crippen molar-refractivity contribution in [2.45, 2.75) is 44.4 Å². The lowest BCUT2D eigenvalue weighted by Crippen LogP contribution is -2.43. The van der Waals surface area contributed by atoms with Crippen LogP contribution in [0.25, 0.3) is 10.7 Å². The quantitative estimate of drug-likeness (QED) is 0.563. The van der Waals surface area contributed by atoms with Gasteiger partial charge in [0.2, 0.25) is 5.91 Å². The number of rotatable bonds is 8. The number of thiophene rings is 1. The van der Waals surface area contributed by atoms with Gasteiger partial charge in [-0.15, -0.1) is 21.5 Å². The van der Waals surface area contributed by atoms with Crippen molar-refractivity contribution in [1.29, 1.82) is 0 Å². The molecule has 0 aliphatic heterocycles. The summed E-state index contributed by atoms with van der Waals surface area (Å²) in [5.41, 5.74) is 0.738. The van der Waals surface area contributed by atoms with Crippen molar-refractivity contribution in [1.82, 2.24) is 20.1 Å². The zero-order valence-electron chi connectivity index (χ0n) is 15.8. The number of hydrogen-bond acceptors (Lipinski definition) is 5. The summed E-state index contributed by atoms with van der Waals surface area (Å²) in [6, 6.07) is 14.1. The van der Waals surface area contributed by atoms with E-state index < -0.39 is 0 Å². The van der Waals surface area contributed by atoms with Gasteiger partial charge in [0.15, 0.2) is 11.0 Å². The molecule has 0 bridgehead atoms. The standard InChI is InChI=1S/C20H24N4OS2/c1-4-20(3,15-10-7-6-8-11-15)21-17(25)14-27-19-23-22-18(24(19)5-2)16-12-9-13-26-16/h6-13H,4-5,14H2,1-3H3,(H,21,25). The van der Waals surface area contributed by atoms with E-state index in [1.807, 2.05) is 35.7 Å². The fraction of sp³-hybridized carbons (Fsp3) is 0.350. The van der Waals surface area contributed by atoms with Gasteiger partial charge >= 0.3 is 0 Å². The van der Waals surface area contributed by atoms with Gasteiger partial charge in [-0.05, 0) is 37.3 Å². The van der Waals surface area contributed by atoms with E-state index >= 15 is 0 Å². The molecule has 27 heavy (non-hydrogen) atoms. The number of thioether (sulfide) groups is 1. The Balaban J connectivity index is 1.67. The fourth-order valence-electron chi connectivity index (χ4n) is 2.91. The number of nitrogens with one attached hydrogen (secondary N) is 1. The van der Waals surface area contributed by atoms with Gasteiger partial charge in [-0.25, -0.2) is 0 Å². The first-order valence-electron chi connectivity index (χ1n) is 9.03. The molecule has 3 rings (SSSR count). The molecule has 1 N–H and O–H groups in total. The molecule has 142 valence electrons. The summed E-state index contributed by atoms with van der Waals surface area (Å²) in [7, 11) is 0. The Morgan fingerprint density at radius 3 is 2.59 bits per heavy atom. The third-order valence-corrected chi connectivity index (χ3v) is 6.47. The average molecular weight is 401 g/mol. The van der Waals surface area contributed by atoms with Crippen LogP contribution in [-0.4, -0.2) is 26.4 Å². The molecule has 0 radical (unpaired) electrons. The number of hydrogen-bond donors (Lipinski definition) is 1. The van der Waals surface area contributed by atoms with Crippen LogP contribution in [0.4, 0.5) is 0 Å². The van der Waals surface area contributed by atoms with Gasteiger partial charge in [0.1, 0.15) is 0 Å². The Morgan fingerprint density at radius 1 is 1.19 bits per heavy atom. The van der Waals surface area contributed by atoms with Crippen molar-refractivity contribution in [3.8, 4) is 10.7 Å². The van der Waals surface area contributed by atoms with E-state index in [0.717, 1.165) is 34.4 Å². The second kappa shape index (κ2) is 8.71. The fourth-order valence-corrected chi connectivity index (χ4v) is 4.43. The van der Waals surface area contributed by atoms with Crippen molar-refractivity contribution in [3.05, 3.63) is 53.4 Å². The molecule has 7 heteroatoms. The normalized spacial score (nSPS) is 13.3. The summed E-state index contributed by atoms with van der Waals surface area (Å²) < 4.78 is 2.06. The van der Waals surface area contributed by atoms with Crippen molar-refractivity contribution in [2.24, 2.45) is 0 Å². The third kappa shape index (κ3) is 4.42. The Bertz CT molecular complexity index is 877. The average Bonchev–Trinajstić information content (AvgIpc) is 3.36. The summed E-state index contributed by atoms with van der Waals surface area (Å²) >= 11 is 3.07. The molecule has 0 aliphatic rings. The van der Waals surface area contributed by atoms with Crippen LogP contribution in [-0.2, 0) is 16.9 Å². The van der Waals surface area contributed by atoms with E-state index in [2.05, 4.69) is 53.0 Å². The Kier molecular flexibility index (Phi) is 6.34. The lowest BCUT2D eigenvalue weighted by molar-refractivity contribution is -0.120. The Morgan fingerprint density at radius 2 is 1.96 bits per heavy atom. The maximum Gasteiger partial charge on any atom is 0.231 e. The number of nitrogens with zero attached hydrogens (tertiary/aromatic N) is 3. The molecule has 5 nitrogen and oxygen atoms in total. The summed E-state index contributed by atoms with van der Waals surface area (Å²) in [6.45, 7) is 6.98. The van der Waals surface area contributed by atoms with Crippen LogP contribution in [0, 0.1) is 0 Å². The summed E-state index contributed by atoms with van der Waals surface area (Å²) in [4.78, 5) is 13.7. The van der Waals surface area contributed by atoms with E-state index in [9.17, 15) is 4.79 Å². The minimum atomic E-state index is -0.376. The third-order valence-electron chi connectivity index (χ3n) is 4.64. The van der Waals surface area contributed by atoms with Gasteiger partial charge in [-0.3, -0.25) is 4.79 Å². The molecule has 0 spiro atoms. The molecule has 1 amide bonds. The molecular formula is C20H24N4OS2. The minimum absolute atomic E-state index is 0.00321. The molecule has 1 aromatic carbocycles. The number of carbonyl (C=O) groups is 1. The largest absolute Gasteiger partial charge is 0.346 e. The van der Waals surface area contributed by atoms with Crippen LogP contribution in [0.3, 0.4) is 0 Å². The maximum absolute atomic E-state index is 12.6. The zero-order valence-corrected chi connectivity index (χ0v) is 17.4. The number of benzene rings is 1. The van der Waals surface area contributed by atoms with Crippen LogP contribution in [0.1, 0.15) is 32.8 Å². The van der Waals surface area contributed by atoms with E-state index in [-0.39, 0.29) is 11.4 Å². The van der Waals surface area contributed by atoms with Crippen molar-refractivity contribution in [2.75, 3.05) is 5.75 Å². The predicted molar refractivity (Wildman–Crippen MR) is 112 cm³/mol. The highest BCUT2D eigenvalue weighted by Crippen LogP contribution is 2.28. The lowest BCUT2D eigenvalue weighted by Gasteiger charge is -2.30. The molecule has 1 unspecified atom stereocenters. The van der Waals surface area contributed by atoms with Gasteiger partial charge < -0.3 is 9.88 Å². The van der Waals surface area contributed by atoms with Crippen molar-refractivity contribution < 1.29 is 4.79 Å². The zero-order chi connectivity index (χ0) is 19.3. The number of carbonyl (C=O) groups excluding carboxylic acids is 1. The summed E-state index contributed by atoms with van der Waals surface area (Å²) in [6.07, 6.45) is 0.821. The molecule has 1 atom stereocenters. The molecule has 2 heterocycles. The molecule has 0 saturated carbocycles. The monoisotopic (exact) mass is 400 g/mol. The predicted octanol–water partition coefficient (Wildman–Crippen LogP) is 4.56. The lowest BCUT2D eigenvalue weighted by atomic mass is 9.89. The molecule has 0 aliphatic carbocycles. The second-order valence-corrected chi connectivity index (χ2v) is 8.31. The van der Waals surface area contributed by atoms with Gasteiger partial charge in [0.05, 0.1) is 16.2 Å². The first-order valence-corrected chi connectivity index (χ1v) is 10.9. The van der Waals surface area contributed by atoms with Crippen LogP contribution >= 0.6 is 23.1 Å². The molecular weight excluding hydrogens is 376 g/mol. The van der Waals surface area contributed by atoms with Gasteiger partial charge in [-0.1, -0.05) is 55.1 Å². The van der Waals surface area contributed by atoms with Crippen LogP contribution in [0.2, 0.25) is 0 Å². The second-order valence-electron chi connectivity index (χ2n) is 6.42. The Labute approximate surface area is 168 Å². The highest BCUT2D eigenvalue weighted by molar-refractivity contribution is 7.99. The van der Waals surface area contributed by atoms with Gasteiger partial charge in [0.25, 0.3) is 0 Å². The van der Waals surface area contributed by atoms with Crippen molar-refractivity contribution >= 4 is 29.0 Å². The highest BCUT2D eigenvalue weighted by atomic mass is 32.2. The molecule has 0 fully saturated rings. The topological polar surface area (TPSA) is 59.8 Å². The first-order chi connectivity index (χ1) is 13.1. The number of amides is 1. The van der Waals surface area contributed by atoms with Crippen LogP contribution < -0.4 is 5.32 Å². The summed E-state index contributed by atoms with van der Waals surface area (Å²) in [5, 5.41) is 14.6. The van der Waals surface area contributed by atoms with Gasteiger partial charge in [0, 0.05) is 6.54 Å². The minimum Gasteiger partial charge on any atom is -0.346 e. The van der Waals surface area contributed by atoms with E-state index in [1.54, 1.807) is 11.3 Å². The van der Waals surface area contributed by atoms with E-state index in [4.69, 9.17) is 0 Å². The molecule has 0 saturated heterocycles.